The van der Waals surface area contributed by atoms with Crippen LogP contribution in [0.15, 0.2) is 0 Å². The van der Waals surface area contributed by atoms with Gasteiger partial charge in [-0.1, -0.05) is 12.8 Å². The fraction of sp³-hybridized carbons (Fsp3) is 1.00. The van der Waals surface area contributed by atoms with E-state index in [-0.39, 0.29) is 6.04 Å². The Morgan fingerprint density at radius 3 is 2.29 bits per heavy atom. The van der Waals surface area contributed by atoms with Crippen LogP contribution in [0.2, 0.25) is 0 Å². The van der Waals surface area contributed by atoms with Crippen LogP contribution >= 0.6 is 0 Å². The number of alkyl halides is 1. The summed E-state index contributed by atoms with van der Waals surface area (Å²) < 4.78 is 13.7. The molecule has 1 heterocycles. The summed E-state index contributed by atoms with van der Waals surface area (Å²) in [6.45, 7) is 2.01. The predicted molar refractivity (Wildman–Crippen MR) is 55.9 cm³/mol. The minimum absolute atomic E-state index is 0.205. The summed E-state index contributed by atoms with van der Waals surface area (Å²) in [5.74, 6) is 0. The molecule has 82 valence electrons. The Balaban J connectivity index is 1.87. The minimum atomic E-state index is -0.585. The van der Waals surface area contributed by atoms with Crippen molar-refractivity contribution >= 4 is 0 Å². The van der Waals surface area contributed by atoms with Crippen molar-refractivity contribution in [3.8, 4) is 0 Å². The van der Waals surface area contributed by atoms with Gasteiger partial charge in [0.2, 0.25) is 0 Å². The number of likely N-dealkylation sites (tertiary alicyclic amines) is 1. The highest BCUT2D eigenvalue weighted by atomic mass is 19.1. The Morgan fingerprint density at radius 2 is 1.64 bits per heavy atom. The Labute approximate surface area is 85.6 Å². The first kappa shape index (κ1) is 10.4. The molecule has 1 saturated heterocycles. The molecule has 1 aliphatic carbocycles. The number of rotatable bonds is 1. The van der Waals surface area contributed by atoms with Crippen molar-refractivity contribution in [2.45, 2.75) is 56.8 Å². The van der Waals surface area contributed by atoms with Crippen LogP contribution < -0.4 is 5.73 Å². The van der Waals surface area contributed by atoms with Crippen molar-refractivity contribution in [3.05, 3.63) is 0 Å². The van der Waals surface area contributed by atoms with E-state index < -0.39 is 6.17 Å². The van der Waals surface area contributed by atoms with Crippen LogP contribution in [-0.4, -0.2) is 36.2 Å². The van der Waals surface area contributed by atoms with Gasteiger partial charge in [-0.25, -0.2) is 4.39 Å². The average Bonchev–Trinajstić information content (AvgIpc) is 2.20. The highest BCUT2D eigenvalue weighted by Gasteiger charge is 2.31. The molecule has 0 aromatic carbocycles. The molecule has 0 aromatic heterocycles. The van der Waals surface area contributed by atoms with E-state index in [9.17, 15) is 4.39 Å². The van der Waals surface area contributed by atoms with Crippen molar-refractivity contribution < 1.29 is 4.39 Å². The minimum Gasteiger partial charge on any atom is -0.328 e. The lowest BCUT2D eigenvalue weighted by atomic mass is 9.90. The van der Waals surface area contributed by atoms with Crippen LogP contribution in [0.25, 0.3) is 0 Å². The van der Waals surface area contributed by atoms with Gasteiger partial charge >= 0.3 is 0 Å². The highest BCUT2D eigenvalue weighted by Crippen LogP contribution is 2.27. The van der Waals surface area contributed by atoms with Gasteiger partial charge < -0.3 is 5.73 Å². The van der Waals surface area contributed by atoms with E-state index >= 15 is 0 Å². The molecule has 0 spiro atoms. The second-order valence-electron chi connectivity index (χ2n) is 4.74. The smallest absolute Gasteiger partial charge is 0.116 e. The van der Waals surface area contributed by atoms with E-state index in [0.717, 1.165) is 45.2 Å². The number of halogens is 1. The maximum Gasteiger partial charge on any atom is 0.116 e. The SMILES string of the molecule is NC1CCN([C@@H]2CCCC[C@H]2F)CC1. The second-order valence-corrected chi connectivity index (χ2v) is 4.74. The van der Waals surface area contributed by atoms with Crippen LogP contribution in [0.4, 0.5) is 4.39 Å². The van der Waals surface area contributed by atoms with Crippen molar-refractivity contribution in [2.24, 2.45) is 5.73 Å². The summed E-state index contributed by atoms with van der Waals surface area (Å²) in [4.78, 5) is 2.33. The first-order valence-electron chi connectivity index (χ1n) is 5.91. The lowest BCUT2D eigenvalue weighted by Gasteiger charge is -2.40. The summed E-state index contributed by atoms with van der Waals surface area (Å²) in [5, 5.41) is 0. The zero-order valence-electron chi connectivity index (χ0n) is 8.79. The fourth-order valence-corrected chi connectivity index (χ4v) is 2.73. The molecular formula is C11H21FN2. The molecule has 2 nitrogen and oxygen atoms in total. The second kappa shape index (κ2) is 4.58. The molecule has 0 radical (unpaired) electrons. The number of nitrogens with zero attached hydrogens (tertiary/aromatic N) is 1. The number of hydrogen-bond donors (Lipinski definition) is 1. The standard InChI is InChI=1S/C11H21FN2/c12-10-3-1-2-4-11(10)14-7-5-9(13)6-8-14/h9-11H,1-8,13H2/t10-,11-/m1/s1. The normalized spacial score (nSPS) is 37.3. The van der Waals surface area contributed by atoms with Crippen LogP contribution in [0.5, 0.6) is 0 Å². The number of piperidine rings is 1. The lowest BCUT2D eigenvalue weighted by Crippen LogP contribution is -2.49. The van der Waals surface area contributed by atoms with Gasteiger partial charge in [0.25, 0.3) is 0 Å². The summed E-state index contributed by atoms with van der Waals surface area (Å²) in [6.07, 6.45) is 5.60. The quantitative estimate of drug-likeness (QED) is 0.698. The van der Waals surface area contributed by atoms with E-state index in [1.54, 1.807) is 0 Å². The highest BCUT2D eigenvalue weighted by molar-refractivity contribution is 4.86. The third-order valence-electron chi connectivity index (χ3n) is 3.69. The lowest BCUT2D eigenvalue weighted by molar-refractivity contribution is 0.0576. The molecule has 2 aliphatic rings. The molecule has 3 heteroatoms. The van der Waals surface area contributed by atoms with Gasteiger partial charge in [0.15, 0.2) is 0 Å². The van der Waals surface area contributed by atoms with E-state index in [2.05, 4.69) is 4.90 Å². The summed E-state index contributed by atoms with van der Waals surface area (Å²) in [6, 6.07) is 0.559. The van der Waals surface area contributed by atoms with Gasteiger partial charge in [0, 0.05) is 25.2 Å². The van der Waals surface area contributed by atoms with Gasteiger partial charge in [-0.3, -0.25) is 4.90 Å². The molecule has 0 bridgehead atoms. The summed E-state index contributed by atoms with van der Waals surface area (Å²) >= 11 is 0. The van der Waals surface area contributed by atoms with E-state index in [4.69, 9.17) is 5.73 Å². The third kappa shape index (κ3) is 2.26. The van der Waals surface area contributed by atoms with Crippen molar-refractivity contribution in [1.82, 2.24) is 4.90 Å². The molecular weight excluding hydrogens is 179 g/mol. The predicted octanol–water partition coefficient (Wildman–Crippen LogP) is 1.69. The van der Waals surface area contributed by atoms with Crippen LogP contribution in [0.1, 0.15) is 38.5 Å². The number of hydrogen-bond acceptors (Lipinski definition) is 2. The van der Waals surface area contributed by atoms with Gasteiger partial charge in [0.1, 0.15) is 6.17 Å². The van der Waals surface area contributed by atoms with Crippen LogP contribution in [-0.2, 0) is 0 Å². The van der Waals surface area contributed by atoms with E-state index in [0.29, 0.717) is 6.04 Å². The first-order chi connectivity index (χ1) is 6.77. The largest absolute Gasteiger partial charge is 0.328 e. The Morgan fingerprint density at radius 1 is 1.00 bits per heavy atom. The zero-order chi connectivity index (χ0) is 9.97. The summed E-state index contributed by atoms with van der Waals surface area (Å²) in [5.41, 5.74) is 5.84. The van der Waals surface area contributed by atoms with Gasteiger partial charge in [-0.05, 0) is 25.7 Å². The molecule has 0 amide bonds. The maximum atomic E-state index is 13.7. The molecule has 2 rings (SSSR count). The molecule has 1 aliphatic heterocycles. The van der Waals surface area contributed by atoms with E-state index in [1.807, 2.05) is 0 Å². The monoisotopic (exact) mass is 200 g/mol. The summed E-state index contributed by atoms with van der Waals surface area (Å²) in [7, 11) is 0. The van der Waals surface area contributed by atoms with Crippen molar-refractivity contribution in [3.63, 3.8) is 0 Å². The maximum absolute atomic E-state index is 13.7. The fourth-order valence-electron chi connectivity index (χ4n) is 2.73. The third-order valence-corrected chi connectivity index (χ3v) is 3.69. The van der Waals surface area contributed by atoms with Gasteiger partial charge in [-0.15, -0.1) is 0 Å². The van der Waals surface area contributed by atoms with Crippen LogP contribution in [0.3, 0.4) is 0 Å². The van der Waals surface area contributed by atoms with Crippen LogP contribution in [0, 0.1) is 0 Å². The Hall–Kier alpha value is -0.150. The van der Waals surface area contributed by atoms with Gasteiger partial charge in [0.05, 0.1) is 0 Å². The van der Waals surface area contributed by atoms with Crippen molar-refractivity contribution in [1.29, 1.82) is 0 Å². The molecule has 0 aromatic rings. The molecule has 2 atom stereocenters. The van der Waals surface area contributed by atoms with E-state index in [1.165, 1.54) is 6.42 Å². The first-order valence-corrected chi connectivity index (χ1v) is 5.91. The Kier molecular flexibility index (Phi) is 3.39. The molecule has 1 saturated carbocycles. The zero-order valence-corrected chi connectivity index (χ0v) is 8.79. The van der Waals surface area contributed by atoms with Crippen molar-refractivity contribution in [2.75, 3.05) is 13.1 Å². The average molecular weight is 200 g/mol. The molecule has 2 fully saturated rings. The Bertz CT molecular complexity index is 178. The topological polar surface area (TPSA) is 29.3 Å². The van der Waals surface area contributed by atoms with Gasteiger partial charge in [-0.2, -0.15) is 0 Å². The molecule has 0 unspecified atom stereocenters. The molecule has 14 heavy (non-hydrogen) atoms. The molecule has 2 N–H and O–H groups in total. The number of nitrogens with two attached hydrogens (primary N) is 1.